The fraction of sp³-hybridized carbons (Fsp3) is 0.258. The first-order valence-electron chi connectivity index (χ1n) is 13.2. The van der Waals surface area contributed by atoms with Gasteiger partial charge in [-0.1, -0.05) is 79.7 Å². The maximum atomic E-state index is 12.5. The Bertz CT molecular complexity index is 1490. The molecule has 5 aromatic rings. The lowest BCUT2D eigenvalue weighted by molar-refractivity contribution is -0.120. The zero-order valence-corrected chi connectivity index (χ0v) is 21.7. The van der Waals surface area contributed by atoms with E-state index in [1.807, 2.05) is 24.4 Å². The molecular formula is C31H34N6O. The van der Waals surface area contributed by atoms with Gasteiger partial charge in [-0.05, 0) is 41.2 Å². The number of H-pyrrole nitrogens is 1. The number of carbonyl (C=O) groups excluding carboxylic acids is 1. The maximum absolute atomic E-state index is 12.5. The summed E-state index contributed by atoms with van der Waals surface area (Å²) in [6, 6.07) is 26.9. The van der Waals surface area contributed by atoms with Crippen LogP contribution >= 0.6 is 0 Å². The molecule has 0 spiro atoms. The molecule has 0 fully saturated rings. The van der Waals surface area contributed by atoms with Crippen molar-refractivity contribution in [2.75, 3.05) is 6.54 Å². The topological polar surface area (TPSA) is 102 Å². The van der Waals surface area contributed by atoms with Crippen LogP contribution in [-0.2, 0) is 37.0 Å². The Morgan fingerprint density at radius 2 is 1.66 bits per heavy atom. The van der Waals surface area contributed by atoms with Crippen LogP contribution in [0.1, 0.15) is 46.9 Å². The predicted octanol–water partition coefficient (Wildman–Crippen LogP) is 4.51. The number of nitrogens with zero attached hydrogens (tertiary/aromatic N) is 3. The Labute approximate surface area is 223 Å². The highest BCUT2D eigenvalue weighted by Crippen LogP contribution is 2.25. The van der Waals surface area contributed by atoms with E-state index in [1.54, 1.807) is 0 Å². The van der Waals surface area contributed by atoms with Crippen LogP contribution in [0.25, 0.3) is 10.9 Å². The Balaban J connectivity index is 1.51. The average molecular weight is 507 g/mol. The Morgan fingerprint density at radius 3 is 2.42 bits per heavy atom. The molecule has 2 heterocycles. The van der Waals surface area contributed by atoms with Gasteiger partial charge in [-0.3, -0.25) is 4.79 Å². The second-order valence-electron chi connectivity index (χ2n) is 9.60. The van der Waals surface area contributed by atoms with Crippen molar-refractivity contribution in [3.8, 4) is 0 Å². The number of hydrogen-bond donors (Lipinski definition) is 3. The minimum Gasteiger partial charge on any atom is -0.361 e. The van der Waals surface area contributed by atoms with E-state index >= 15 is 0 Å². The summed E-state index contributed by atoms with van der Waals surface area (Å²) in [5, 5.41) is 13.5. The van der Waals surface area contributed by atoms with Gasteiger partial charge in [0.15, 0.2) is 5.82 Å². The Morgan fingerprint density at radius 1 is 0.921 bits per heavy atom. The van der Waals surface area contributed by atoms with Gasteiger partial charge >= 0.3 is 0 Å². The van der Waals surface area contributed by atoms with Crippen LogP contribution in [-0.4, -0.2) is 32.2 Å². The number of para-hydroxylation sites is 1. The fourth-order valence-electron chi connectivity index (χ4n) is 4.91. The Hall–Kier alpha value is -4.23. The number of aryl methyl sites for hydroxylation is 3. The molecule has 0 unspecified atom stereocenters. The normalized spacial score (nSPS) is 12.1. The van der Waals surface area contributed by atoms with Crippen molar-refractivity contribution in [2.45, 2.75) is 45.2 Å². The van der Waals surface area contributed by atoms with Crippen molar-refractivity contribution in [3.63, 3.8) is 0 Å². The molecule has 1 amide bonds. The molecule has 0 aliphatic rings. The maximum Gasteiger partial charge on any atom is 0.234 e. The van der Waals surface area contributed by atoms with E-state index in [2.05, 4.69) is 92.7 Å². The molecule has 0 bridgehead atoms. The van der Waals surface area contributed by atoms with Crippen molar-refractivity contribution in [1.82, 2.24) is 25.1 Å². The Kier molecular flexibility index (Phi) is 7.95. The molecule has 3 aromatic carbocycles. The molecule has 38 heavy (non-hydrogen) atoms. The van der Waals surface area contributed by atoms with Gasteiger partial charge in [0.05, 0.1) is 19.1 Å². The molecule has 5 rings (SSSR count). The number of aromatic amines is 1. The highest BCUT2D eigenvalue weighted by atomic mass is 16.1. The number of nitrogens with one attached hydrogen (secondary N) is 2. The SMILES string of the molecule is CCc1ccc(Cn2c(CCc3ccccc3)nnc2[C@@H](Cc2c[nH]c3ccccc23)NC(=O)CN)cc1. The van der Waals surface area contributed by atoms with E-state index in [1.165, 1.54) is 16.7 Å². The van der Waals surface area contributed by atoms with Gasteiger partial charge in [-0.25, -0.2) is 0 Å². The molecule has 7 nitrogen and oxygen atoms in total. The number of nitrogens with two attached hydrogens (primary N) is 1. The summed E-state index contributed by atoms with van der Waals surface area (Å²) < 4.78 is 2.17. The van der Waals surface area contributed by atoms with Gasteiger partial charge < -0.3 is 20.6 Å². The second-order valence-corrected chi connectivity index (χ2v) is 9.60. The predicted molar refractivity (Wildman–Crippen MR) is 151 cm³/mol. The first kappa shape index (κ1) is 25.4. The summed E-state index contributed by atoms with van der Waals surface area (Å²) >= 11 is 0. The third-order valence-corrected chi connectivity index (χ3v) is 7.04. The van der Waals surface area contributed by atoms with Gasteiger partial charge in [-0.2, -0.15) is 0 Å². The fourth-order valence-corrected chi connectivity index (χ4v) is 4.91. The zero-order valence-electron chi connectivity index (χ0n) is 21.7. The summed E-state index contributed by atoms with van der Waals surface area (Å²) in [4.78, 5) is 15.9. The van der Waals surface area contributed by atoms with Gasteiger partial charge in [0, 0.05) is 29.9 Å². The third kappa shape index (κ3) is 5.84. The van der Waals surface area contributed by atoms with Gasteiger partial charge in [0.25, 0.3) is 0 Å². The van der Waals surface area contributed by atoms with Crippen molar-refractivity contribution >= 4 is 16.8 Å². The number of carbonyl (C=O) groups is 1. The summed E-state index contributed by atoms with van der Waals surface area (Å²) in [7, 11) is 0. The lowest BCUT2D eigenvalue weighted by atomic mass is 10.0. The largest absolute Gasteiger partial charge is 0.361 e. The van der Waals surface area contributed by atoms with Gasteiger partial charge in [-0.15, -0.1) is 10.2 Å². The van der Waals surface area contributed by atoms with Crippen LogP contribution in [0.4, 0.5) is 0 Å². The minimum atomic E-state index is -0.377. The summed E-state index contributed by atoms with van der Waals surface area (Å²) in [5.41, 5.74) is 11.6. The summed E-state index contributed by atoms with van der Waals surface area (Å²) in [6.45, 7) is 2.70. The molecule has 2 aromatic heterocycles. The quantitative estimate of drug-likeness (QED) is 0.245. The molecule has 0 saturated carbocycles. The van der Waals surface area contributed by atoms with Crippen molar-refractivity contribution < 1.29 is 4.79 Å². The number of rotatable bonds is 11. The molecule has 0 radical (unpaired) electrons. The summed E-state index contributed by atoms with van der Waals surface area (Å²) in [6.07, 6.45) is 5.18. The van der Waals surface area contributed by atoms with Crippen LogP contribution < -0.4 is 11.1 Å². The van der Waals surface area contributed by atoms with E-state index < -0.39 is 0 Å². The van der Waals surface area contributed by atoms with E-state index in [0.717, 1.165) is 47.4 Å². The molecule has 0 aliphatic carbocycles. The lowest BCUT2D eigenvalue weighted by Crippen LogP contribution is -2.36. The smallest absolute Gasteiger partial charge is 0.234 e. The van der Waals surface area contributed by atoms with Crippen LogP contribution in [0.5, 0.6) is 0 Å². The van der Waals surface area contributed by atoms with Crippen molar-refractivity contribution in [2.24, 2.45) is 5.73 Å². The molecule has 7 heteroatoms. The summed E-state index contributed by atoms with van der Waals surface area (Å²) in [5.74, 6) is 1.41. The zero-order chi connectivity index (χ0) is 26.3. The minimum absolute atomic E-state index is 0.0855. The number of benzene rings is 3. The van der Waals surface area contributed by atoms with Crippen LogP contribution in [0.3, 0.4) is 0 Å². The number of fused-ring (bicyclic) bond motifs is 1. The third-order valence-electron chi connectivity index (χ3n) is 7.04. The molecule has 0 saturated heterocycles. The highest BCUT2D eigenvalue weighted by Gasteiger charge is 2.24. The van der Waals surface area contributed by atoms with Crippen molar-refractivity contribution in [1.29, 1.82) is 0 Å². The first-order chi connectivity index (χ1) is 18.6. The van der Waals surface area contributed by atoms with E-state index in [0.29, 0.717) is 13.0 Å². The van der Waals surface area contributed by atoms with E-state index in [4.69, 9.17) is 5.73 Å². The van der Waals surface area contributed by atoms with Gasteiger partial charge in [0.1, 0.15) is 5.82 Å². The number of aromatic nitrogens is 4. The molecule has 0 aliphatic heterocycles. The number of amides is 1. The van der Waals surface area contributed by atoms with Crippen molar-refractivity contribution in [3.05, 3.63) is 119 Å². The molecule has 194 valence electrons. The molecule has 4 N–H and O–H groups in total. The van der Waals surface area contributed by atoms with Gasteiger partial charge in [0.2, 0.25) is 5.91 Å². The van der Waals surface area contributed by atoms with Crippen LogP contribution in [0, 0.1) is 0 Å². The van der Waals surface area contributed by atoms with Crippen LogP contribution in [0.2, 0.25) is 0 Å². The molecular weight excluding hydrogens is 472 g/mol. The van der Waals surface area contributed by atoms with E-state index in [9.17, 15) is 4.79 Å². The lowest BCUT2D eigenvalue weighted by Gasteiger charge is -2.20. The number of hydrogen-bond acceptors (Lipinski definition) is 4. The van der Waals surface area contributed by atoms with E-state index in [-0.39, 0.29) is 18.5 Å². The second kappa shape index (κ2) is 11.9. The average Bonchev–Trinajstić information content (AvgIpc) is 3.56. The standard InChI is InChI=1S/C31H34N6O/c1-2-22-12-14-24(15-13-22)21-37-29(17-16-23-8-4-3-5-9-23)35-36-31(37)28(34-30(38)19-32)18-25-20-33-27-11-7-6-10-26(25)27/h3-15,20,28,33H,2,16-19,21,32H2,1H3,(H,34,38)/t28-/m1/s1. The highest BCUT2D eigenvalue weighted by molar-refractivity contribution is 5.83. The molecule has 1 atom stereocenters. The van der Waals surface area contributed by atoms with Crippen LogP contribution in [0.15, 0.2) is 85.1 Å². The first-order valence-corrected chi connectivity index (χ1v) is 13.2. The monoisotopic (exact) mass is 506 g/mol.